The molecule has 0 amide bonds. The van der Waals surface area contributed by atoms with Crippen LogP contribution in [-0.4, -0.2) is 9.55 Å². The zero-order valence-corrected chi connectivity index (χ0v) is 11.3. The largest absolute Gasteiger partial charge is 0.429 e. The summed E-state index contributed by atoms with van der Waals surface area (Å²) >= 11 is 5.22. The molecule has 3 rings (SSSR count). The predicted molar refractivity (Wildman–Crippen MR) is 77.6 cm³/mol. The highest BCUT2D eigenvalue weighted by Crippen LogP contribution is 2.17. The van der Waals surface area contributed by atoms with Gasteiger partial charge < -0.3 is 9.73 Å². The topological polar surface area (TPSA) is 43.0 Å². The summed E-state index contributed by atoms with van der Waals surface area (Å²) in [6.07, 6.45) is 1.83. The summed E-state index contributed by atoms with van der Waals surface area (Å²) in [5.41, 5.74) is 2.91. The molecule has 0 aliphatic heterocycles. The van der Waals surface area contributed by atoms with Gasteiger partial charge in [-0.3, -0.25) is 4.57 Å². The Morgan fingerprint density at radius 3 is 2.89 bits per heavy atom. The van der Waals surface area contributed by atoms with Gasteiger partial charge in [0, 0.05) is 6.20 Å². The van der Waals surface area contributed by atoms with E-state index in [-0.39, 0.29) is 0 Å². The molecule has 1 N–H and O–H groups in total. The number of anilines is 1. The number of aryl methyl sites for hydroxylation is 1. The number of nitrogens with zero attached hydrogens (tertiary/aromatic N) is 2. The van der Waals surface area contributed by atoms with E-state index in [1.165, 1.54) is 0 Å². The monoisotopic (exact) mass is 271 g/mol. The SMILES string of the molecule is Cc1ccc(NCn2c(=S)oc3ccccc32)nc1. The Hall–Kier alpha value is -2.14. The van der Waals surface area contributed by atoms with Crippen LogP contribution in [0.4, 0.5) is 5.82 Å². The third-order valence-electron chi connectivity index (χ3n) is 2.90. The number of pyridine rings is 1. The minimum Gasteiger partial charge on any atom is -0.429 e. The van der Waals surface area contributed by atoms with Crippen LogP contribution in [0.15, 0.2) is 47.0 Å². The Balaban J connectivity index is 1.87. The molecule has 0 bridgehead atoms. The quantitative estimate of drug-likeness (QED) is 0.737. The number of para-hydroxylation sites is 2. The second kappa shape index (κ2) is 4.85. The fourth-order valence-electron chi connectivity index (χ4n) is 1.90. The Morgan fingerprint density at radius 1 is 1.26 bits per heavy atom. The molecule has 19 heavy (non-hydrogen) atoms. The van der Waals surface area contributed by atoms with E-state index in [1.54, 1.807) is 0 Å². The summed E-state index contributed by atoms with van der Waals surface area (Å²) in [5, 5.41) is 3.23. The maximum Gasteiger partial charge on any atom is 0.271 e. The van der Waals surface area contributed by atoms with Crippen molar-refractivity contribution in [2.45, 2.75) is 13.6 Å². The van der Waals surface area contributed by atoms with Gasteiger partial charge in [0.05, 0.1) is 12.2 Å². The van der Waals surface area contributed by atoms with Crippen molar-refractivity contribution in [3.8, 4) is 0 Å². The van der Waals surface area contributed by atoms with Gasteiger partial charge >= 0.3 is 0 Å². The Kier molecular flexibility index (Phi) is 3.05. The second-order valence-electron chi connectivity index (χ2n) is 4.32. The molecule has 1 aromatic carbocycles. The molecule has 0 fully saturated rings. The van der Waals surface area contributed by atoms with Crippen LogP contribution in [0.3, 0.4) is 0 Å². The van der Waals surface area contributed by atoms with Crippen molar-refractivity contribution in [1.82, 2.24) is 9.55 Å². The van der Waals surface area contributed by atoms with Crippen LogP contribution in [-0.2, 0) is 6.67 Å². The first-order valence-corrected chi connectivity index (χ1v) is 6.40. The van der Waals surface area contributed by atoms with Crippen LogP contribution in [0, 0.1) is 11.8 Å². The van der Waals surface area contributed by atoms with Crippen LogP contribution in [0.1, 0.15) is 5.56 Å². The number of hydrogen-bond acceptors (Lipinski definition) is 4. The molecule has 2 aromatic heterocycles. The van der Waals surface area contributed by atoms with Gasteiger partial charge in [-0.15, -0.1) is 0 Å². The number of nitrogens with one attached hydrogen (secondary N) is 1. The molecule has 96 valence electrons. The Labute approximate surface area is 115 Å². The van der Waals surface area contributed by atoms with Gasteiger partial charge in [-0.25, -0.2) is 4.98 Å². The first kappa shape index (κ1) is 11.9. The smallest absolute Gasteiger partial charge is 0.271 e. The molecule has 0 radical (unpaired) electrons. The maximum atomic E-state index is 5.52. The highest BCUT2D eigenvalue weighted by molar-refractivity contribution is 7.71. The molecular formula is C14H13N3OS. The van der Waals surface area contributed by atoms with E-state index in [9.17, 15) is 0 Å². The van der Waals surface area contributed by atoms with Crippen LogP contribution in [0.2, 0.25) is 0 Å². The van der Waals surface area contributed by atoms with Gasteiger partial charge in [0.15, 0.2) is 5.58 Å². The van der Waals surface area contributed by atoms with Crippen molar-refractivity contribution in [3.05, 3.63) is 53.0 Å². The minimum absolute atomic E-state index is 0.459. The molecular weight excluding hydrogens is 258 g/mol. The number of oxazole rings is 1. The zero-order valence-electron chi connectivity index (χ0n) is 10.5. The molecule has 0 atom stereocenters. The van der Waals surface area contributed by atoms with Gasteiger partial charge in [0.1, 0.15) is 5.82 Å². The fraction of sp³-hybridized carbons (Fsp3) is 0.143. The second-order valence-corrected chi connectivity index (χ2v) is 4.67. The highest BCUT2D eigenvalue weighted by Gasteiger charge is 2.05. The summed E-state index contributed by atoms with van der Waals surface area (Å²) in [4.78, 5) is 4.76. The average molecular weight is 271 g/mol. The first-order chi connectivity index (χ1) is 9.24. The average Bonchev–Trinajstić information content (AvgIpc) is 2.74. The van der Waals surface area contributed by atoms with Crippen LogP contribution < -0.4 is 5.32 Å². The summed E-state index contributed by atoms with van der Waals surface area (Å²) in [6.45, 7) is 2.54. The molecule has 0 unspecified atom stereocenters. The first-order valence-electron chi connectivity index (χ1n) is 5.99. The molecule has 0 saturated carbocycles. The third-order valence-corrected chi connectivity index (χ3v) is 3.21. The van der Waals surface area contributed by atoms with Gasteiger partial charge in [0.2, 0.25) is 0 Å². The van der Waals surface area contributed by atoms with E-state index in [0.29, 0.717) is 11.5 Å². The molecule has 0 saturated heterocycles. The van der Waals surface area contributed by atoms with E-state index >= 15 is 0 Å². The fourth-order valence-corrected chi connectivity index (χ4v) is 2.15. The van der Waals surface area contributed by atoms with E-state index in [4.69, 9.17) is 16.6 Å². The van der Waals surface area contributed by atoms with Gasteiger partial charge in [-0.2, -0.15) is 0 Å². The molecule has 4 nitrogen and oxygen atoms in total. The van der Waals surface area contributed by atoms with Crippen molar-refractivity contribution < 1.29 is 4.42 Å². The van der Waals surface area contributed by atoms with Gasteiger partial charge in [0.25, 0.3) is 4.84 Å². The number of aromatic nitrogens is 2. The lowest BCUT2D eigenvalue weighted by molar-refractivity contribution is 0.545. The summed E-state index contributed by atoms with van der Waals surface area (Å²) in [6, 6.07) is 11.8. The predicted octanol–water partition coefficient (Wildman–Crippen LogP) is 3.74. The third kappa shape index (κ3) is 2.37. The molecule has 0 aliphatic carbocycles. The summed E-state index contributed by atoms with van der Waals surface area (Å²) < 4.78 is 7.43. The van der Waals surface area contributed by atoms with E-state index in [2.05, 4.69) is 10.3 Å². The highest BCUT2D eigenvalue weighted by atomic mass is 32.1. The van der Waals surface area contributed by atoms with Crippen LogP contribution in [0.5, 0.6) is 0 Å². The summed E-state index contributed by atoms with van der Waals surface area (Å²) in [5.74, 6) is 0.817. The number of benzene rings is 1. The Bertz CT molecular complexity index is 758. The normalized spacial score (nSPS) is 10.8. The van der Waals surface area contributed by atoms with Crippen molar-refractivity contribution in [2.24, 2.45) is 0 Å². The van der Waals surface area contributed by atoms with Crippen molar-refractivity contribution in [3.63, 3.8) is 0 Å². The van der Waals surface area contributed by atoms with Gasteiger partial charge in [-0.1, -0.05) is 18.2 Å². The van der Waals surface area contributed by atoms with E-state index in [1.807, 2.05) is 54.1 Å². The Morgan fingerprint density at radius 2 is 2.11 bits per heavy atom. The lowest BCUT2D eigenvalue weighted by Crippen LogP contribution is -2.08. The number of hydrogen-bond donors (Lipinski definition) is 1. The van der Waals surface area contributed by atoms with Crippen LogP contribution in [0.25, 0.3) is 11.1 Å². The van der Waals surface area contributed by atoms with E-state index in [0.717, 1.165) is 22.5 Å². The van der Waals surface area contributed by atoms with Crippen molar-refractivity contribution in [2.75, 3.05) is 5.32 Å². The number of rotatable bonds is 3. The lowest BCUT2D eigenvalue weighted by atomic mass is 10.3. The number of fused-ring (bicyclic) bond motifs is 1. The van der Waals surface area contributed by atoms with Gasteiger partial charge in [-0.05, 0) is 42.9 Å². The molecule has 5 heteroatoms. The standard InChI is InChI=1S/C14H13N3OS/c1-10-6-7-13(15-8-10)16-9-17-11-4-2-3-5-12(11)18-14(17)19/h2-8H,9H2,1H3,(H,15,16). The van der Waals surface area contributed by atoms with Crippen molar-refractivity contribution >= 4 is 29.1 Å². The maximum absolute atomic E-state index is 5.52. The lowest BCUT2D eigenvalue weighted by Gasteiger charge is -2.06. The van der Waals surface area contributed by atoms with Crippen molar-refractivity contribution in [1.29, 1.82) is 0 Å². The zero-order chi connectivity index (χ0) is 13.2. The van der Waals surface area contributed by atoms with E-state index < -0.39 is 0 Å². The molecule has 0 spiro atoms. The summed E-state index contributed by atoms with van der Waals surface area (Å²) in [7, 11) is 0. The molecule has 3 aromatic rings. The molecule has 2 heterocycles. The molecule has 0 aliphatic rings. The van der Waals surface area contributed by atoms with Crippen LogP contribution >= 0.6 is 12.2 Å². The minimum atomic E-state index is 0.459.